The van der Waals surface area contributed by atoms with Gasteiger partial charge in [0, 0.05) is 11.5 Å². The molecule has 0 unspecified atom stereocenters. The van der Waals surface area contributed by atoms with Crippen LogP contribution >= 0.6 is 23.1 Å². The van der Waals surface area contributed by atoms with Gasteiger partial charge in [-0.15, -0.1) is 0 Å². The van der Waals surface area contributed by atoms with Crippen LogP contribution in [0.25, 0.3) is 10.4 Å². The molecule has 1 amide bonds. The van der Waals surface area contributed by atoms with Crippen LogP contribution in [0.5, 0.6) is 0 Å². The minimum absolute atomic E-state index is 0. The number of carboxylic acid groups (broad SMARTS) is 1. The summed E-state index contributed by atoms with van der Waals surface area (Å²) in [6, 6.07) is -0.291. The number of aromatic nitrogens is 2. The van der Waals surface area contributed by atoms with E-state index in [1.807, 2.05) is 36.2 Å². The number of carbonyl (C=O) groups is 2. The maximum atomic E-state index is 12.6. The van der Waals surface area contributed by atoms with Crippen LogP contribution in [-0.2, 0) is 16.1 Å². The Morgan fingerprint density at radius 1 is 1.50 bits per heavy atom. The Hall–Kier alpha value is -1.37. The molecule has 10 heteroatoms. The fraction of sp³-hybridized carbons (Fsp3) is 0.450. The maximum Gasteiger partial charge on any atom is 0.352 e. The summed E-state index contributed by atoms with van der Waals surface area (Å²) >= 11 is 3.17. The molecule has 162 valence electrons. The van der Waals surface area contributed by atoms with Crippen molar-refractivity contribution >= 4 is 45.4 Å². The van der Waals surface area contributed by atoms with E-state index in [1.165, 1.54) is 4.90 Å². The average Bonchev–Trinajstić information content (AvgIpc) is 3.28. The Morgan fingerprint density at radius 2 is 2.20 bits per heavy atom. The number of nitrogens with zero attached hydrogens (tertiary/aromatic N) is 3. The third kappa shape index (κ3) is 3.23. The Morgan fingerprint density at radius 3 is 2.73 bits per heavy atom. The molecule has 0 radical (unpaired) electrons. The molecule has 1 saturated heterocycles. The number of allylic oxidation sites excluding steroid dienone is 1. The zero-order chi connectivity index (χ0) is 21.0. The molecular weight excluding hydrogens is 537 g/mol. The number of aliphatic carboxylic acids is 1. The molecule has 4 atom stereocenters. The van der Waals surface area contributed by atoms with Gasteiger partial charge in [0.1, 0.15) is 18.4 Å². The van der Waals surface area contributed by atoms with Gasteiger partial charge in [-0.1, -0.05) is 42.7 Å². The van der Waals surface area contributed by atoms with Crippen molar-refractivity contribution in [3.8, 4) is 0 Å². The van der Waals surface area contributed by atoms with Gasteiger partial charge < -0.3 is 39.1 Å². The summed E-state index contributed by atoms with van der Waals surface area (Å²) in [7, 11) is 0. The van der Waals surface area contributed by atoms with Crippen LogP contribution in [-0.4, -0.2) is 49.8 Å². The number of carboxylic acids is 1. The molecule has 2 aliphatic heterocycles. The number of aliphatic hydroxyl groups is 1. The van der Waals surface area contributed by atoms with Crippen molar-refractivity contribution in [3.63, 3.8) is 0 Å². The Labute approximate surface area is 200 Å². The molecule has 0 aliphatic carbocycles. The van der Waals surface area contributed by atoms with Crippen LogP contribution in [0, 0.1) is 11.8 Å². The topological polar surface area (TPSA) is 86.1 Å². The maximum absolute atomic E-state index is 12.6. The first kappa shape index (κ1) is 23.3. The normalized spacial score (nSPS) is 23.9. The van der Waals surface area contributed by atoms with Gasteiger partial charge in [0.15, 0.2) is 0 Å². The molecule has 2 aromatic rings. The van der Waals surface area contributed by atoms with Crippen molar-refractivity contribution in [3.05, 3.63) is 35.8 Å². The lowest BCUT2D eigenvalue weighted by atomic mass is 9.76. The Kier molecular flexibility index (Phi) is 6.71. The number of thiazole rings is 1. The third-order valence-corrected chi connectivity index (χ3v) is 7.91. The van der Waals surface area contributed by atoms with Gasteiger partial charge in [0.05, 0.1) is 22.9 Å². The van der Waals surface area contributed by atoms with Crippen molar-refractivity contribution in [2.45, 2.75) is 44.0 Å². The van der Waals surface area contributed by atoms with Crippen LogP contribution in [0.3, 0.4) is 0 Å². The van der Waals surface area contributed by atoms with E-state index in [2.05, 4.69) is 11.1 Å². The highest BCUT2D eigenvalue weighted by Gasteiger charge is 2.61. The fourth-order valence-corrected chi connectivity index (χ4v) is 6.84. The predicted octanol–water partition coefficient (Wildman–Crippen LogP) is -0.756. The van der Waals surface area contributed by atoms with Gasteiger partial charge in [-0.05, 0) is 19.6 Å². The molecule has 4 rings (SSSR count). The van der Waals surface area contributed by atoms with E-state index in [0.29, 0.717) is 18.5 Å². The zero-order valence-corrected chi connectivity index (χ0v) is 20.7. The lowest BCUT2D eigenvalue weighted by molar-refractivity contribution is -0.720. The molecule has 7 nitrogen and oxygen atoms in total. The zero-order valence-electron chi connectivity index (χ0n) is 16.9. The number of imidazole rings is 1. The highest BCUT2D eigenvalue weighted by Crippen LogP contribution is 2.52. The smallest absolute Gasteiger partial charge is 0.352 e. The summed E-state index contributed by atoms with van der Waals surface area (Å²) in [4.78, 5) is 28.1. The standard InChI is InChI=1S/C20H23N3O4S2.HI/c1-5-7-21-9-22-8-12(29-19(22)18(21)28-4)14-11(6-2)15-13(10(3)24)17(25)23(15)16(14)20(26)27;/h5,8-11,13,15,24H,1,6-7H2,2-4H3;1H/t10-,11+,13-,15-;/m1./s1. The number of halogens is 1. The van der Waals surface area contributed by atoms with Crippen molar-refractivity contribution in [2.24, 2.45) is 11.8 Å². The minimum atomic E-state index is -1.09. The van der Waals surface area contributed by atoms with E-state index < -0.39 is 18.0 Å². The molecule has 1 fully saturated rings. The molecule has 0 saturated carbocycles. The fourth-order valence-electron chi connectivity index (χ4n) is 4.68. The number of rotatable bonds is 7. The quantitative estimate of drug-likeness (QED) is 0.153. The summed E-state index contributed by atoms with van der Waals surface area (Å²) in [5.74, 6) is -2.05. The van der Waals surface area contributed by atoms with Gasteiger partial charge in [-0.2, -0.15) is 4.40 Å². The first-order valence-electron chi connectivity index (χ1n) is 9.53. The summed E-state index contributed by atoms with van der Waals surface area (Å²) in [5.41, 5.74) is 0.774. The number of hydrogen-bond donors (Lipinski definition) is 2. The van der Waals surface area contributed by atoms with Crippen LogP contribution in [0.2, 0.25) is 0 Å². The largest absolute Gasteiger partial charge is 1.00 e. The van der Waals surface area contributed by atoms with E-state index >= 15 is 0 Å². The number of amides is 1. The summed E-state index contributed by atoms with van der Waals surface area (Å²) < 4.78 is 4.12. The Bertz CT molecular complexity index is 1060. The van der Waals surface area contributed by atoms with E-state index in [9.17, 15) is 19.8 Å². The van der Waals surface area contributed by atoms with Crippen molar-refractivity contribution in [1.82, 2.24) is 9.30 Å². The van der Waals surface area contributed by atoms with Crippen molar-refractivity contribution in [1.29, 1.82) is 0 Å². The summed E-state index contributed by atoms with van der Waals surface area (Å²) in [6.45, 7) is 8.10. The first-order chi connectivity index (χ1) is 13.8. The number of aliphatic hydroxyl groups excluding tert-OH is 1. The molecule has 30 heavy (non-hydrogen) atoms. The molecule has 4 heterocycles. The van der Waals surface area contributed by atoms with Crippen molar-refractivity contribution in [2.75, 3.05) is 6.26 Å². The number of carbonyl (C=O) groups excluding carboxylic acids is 1. The molecule has 0 spiro atoms. The number of thioether (sulfide) groups is 1. The minimum Gasteiger partial charge on any atom is -1.00 e. The highest BCUT2D eigenvalue weighted by atomic mass is 127. The van der Waals surface area contributed by atoms with Gasteiger partial charge in [0.2, 0.25) is 15.8 Å². The second-order valence-corrected chi connectivity index (χ2v) is 9.25. The van der Waals surface area contributed by atoms with Crippen LogP contribution in [0.15, 0.2) is 35.9 Å². The summed E-state index contributed by atoms with van der Waals surface area (Å²) in [6.07, 6.45) is 7.69. The summed E-state index contributed by atoms with van der Waals surface area (Å²) in [5, 5.41) is 21.1. The lowest BCUT2D eigenvalue weighted by Gasteiger charge is -2.46. The predicted molar refractivity (Wildman–Crippen MR) is 112 cm³/mol. The van der Waals surface area contributed by atoms with E-state index in [-0.39, 0.29) is 47.5 Å². The third-order valence-electron chi connectivity index (χ3n) is 5.82. The SMILES string of the molecule is C=CC[n+]1cn2cc(C3=C(C(=O)O)N4C(=O)[C@H]([C@@H](C)O)[C@H]4[C@H]3CC)sc2c1SC.[I-]. The molecule has 0 bridgehead atoms. The average molecular weight is 561 g/mol. The van der Waals surface area contributed by atoms with Crippen molar-refractivity contribution < 1.29 is 48.3 Å². The van der Waals surface area contributed by atoms with E-state index in [0.717, 1.165) is 14.7 Å². The second kappa shape index (κ2) is 8.64. The highest BCUT2D eigenvalue weighted by molar-refractivity contribution is 7.98. The molecule has 2 aromatic heterocycles. The molecule has 2 aliphatic rings. The monoisotopic (exact) mass is 561 g/mol. The van der Waals surface area contributed by atoms with Crippen LogP contribution < -0.4 is 28.5 Å². The van der Waals surface area contributed by atoms with Crippen LogP contribution in [0.1, 0.15) is 25.1 Å². The Balaban J connectivity index is 0.00000256. The molecule has 2 N–H and O–H groups in total. The van der Waals surface area contributed by atoms with Crippen LogP contribution in [0.4, 0.5) is 0 Å². The second-order valence-electron chi connectivity index (χ2n) is 7.42. The van der Waals surface area contributed by atoms with E-state index in [4.69, 9.17) is 0 Å². The molecular formula is C20H24IN3O4S2. The van der Waals surface area contributed by atoms with Gasteiger partial charge in [-0.25, -0.2) is 9.36 Å². The van der Waals surface area contributed by atoms with Gasteiger partial charge in [0.25, 0.3) is 6.33 Å². The number of β-lactam (4-membered cyclic amide) rings is 1. The van der Waals surface area contributed by atoms with Gasteiger partial charge >= 0.3 is 5.97 Å². The number of fused-ring (bicyclic) bond motifs is 2. The first-order valence-corrected chi connectivity index (χ1v) is 11.6. The lowest BCUT2D eigenvalue weighted by Crippen LogP contribution is -3.00. The van der Waals surface area contributed by atoms with E-state index in [1.54, 1.807) is 30.0 Å². The number of hydrogen-bond acceptors (Lipinski definition) is 5. The molecule has 0 aromatic carbocycles. The van der Waals surface area contributed by atoms with Gasteiger partial charge in [-0.3, -0.25) is 4.79 Å².